The number of aromatic nitrogens is 14. The Morgan fingerprint density at radius 3 is 1.38 bits per heavy atom. The van der Waals surface area contributed by atoms with E-state index < -0.39 is 11.9 Å². The highest BCUT2D eigenvalue weighted by atomic mass is 19.4. The lowest BCUT2D eigenvalue weighted by Gasteiger charge is -2.07. The zero-order valence-electron chi connectivity index (χ0n) is 37.1. The highest BCUT2D eigenvalue weighted by Gasteiger charge is 2.38. The maximum Gasteiger partial charge on any atom is 0.433 e. The fourth-order valence-corrected chi connectivity index (χ4v) is 9.49. The molecule has 8 aromatic rings. The molecule has 68 heavy (non-hydrogen) atoms. The lowest BCUT2D eigenvalue weighted by atomic mass is 10.1. The Morgan fingerprint density at radius 2 is 0.882 bits per heavy atom. The molecule has 4 fully saturated rings. The minimum absolute atomic E-state index is 0.0914. The van der Waals surface area contributed by atoms with Gasteiger partial charge in [-0.25, -0.2) is 29.9 Å². The normalized spacial score (nSPS) is 19.7. The van der Waals surface area contributed by atoms with E-state index in [9.17, 15) is 13.2 Å². The van der Waals surface area contributed by atoms with Crippen LogP contribution in [0.25, 0.3) is 68.1 Å². The number of benzene rings is 1. The number of hydrogen-bond donors (Lipinski definition) is 7. The van der Waals surface area contributed by atoms with E-state index in [1.54, 1.807) is 61.4 Å². The maximum absolute atomic E-state index is 13.7. The first-order chi connectivity index (χ1) is 33.3. The number of rotatable bonds is 10. The summed E-state index contributed by atoms with van der Waals surface area (Å²) in [4.78, 5) is 57.6. The molecule has 0 spiro atoms. The van der Waals surface area contributed by atoms with Crippen molar-refractivity contribution < 1.29 is 13.2 Å². The summed E-state index contributed by atoms with van der Waals surface area (Å²) in [5, 5.41) is 10.1. The molecule has 0 amide bonds. The Bertz CT molecular complexity index is 2820. The third kappa shape index (κ3) is 9.30. The molecule has 0 unspecified atom stereocenters. The van der Waals surface area contributed by atoms with E-state index in [1.165, 1.54) is 38.5 Å². The van der Waals surface area contributed by atoms with Gasteiger partial charge in [0.1, 0.15) is 57.5 Å². The minimum atomic E-state index is -4.53. The lowest BCUT2D eigenvalue weighted by Crippen LogP contribution is -2.14. The number of H-pyrrole nitrogens is 4. The Hall–Kier alpha value is -7.03. The van der Waals surface area contributed by atoms with E-state index in [0.29, 0.717) is 52.2 Å². The van der Waals surface area contributed by atoms with Crippen molar-refractivity contribution in [2.45, 2.75) is 94.4 Å². The van der Waals surface area contributed by atoms with Gasteiger partial charge in [-0.15, -0.1) is 0 Å². The third-order valence-corrected chi connectivity index (χ3v) is 13.2. The van der Waals surface area contributed by atoms with Gasteiger partial charge in [0.2, 0.25) is 0 Å². The summed E-state index contributed by atoms with van der Waals surface area (Å²) in [5.74, 6) is 4.24. The molecule has 7 N–H and O–H groups in total. The molecule has 1 saturated carbocycles. The molecule has 3 saturated heterocycles. The Labute approximate surface area is 389 Å². The van der Waals surface area contributed by atoms with Gasteiger partial charge >= 0.3 is 6.18 Å². The average molecular weight is 922 g/mol. The summed E-state index contributed by atoms with van der Waals surface area (Å²) < 4.78 is 41.2. The average Bonchev–Trinajstić information content (AvgIpc) is 4.22. The monoisotopic (exact) mass is 921 g/mol. The summed E-state index contributed by atoms with van der Waals surface area (Å²) in [7, 11) is 0. The van der Waals surface area contributed by atoms with Gasteiger partial charge in [0.25, 0.3) is 0 Å². The number of nitrogens with zero attached hydrogens (tertiary/aromatic N) is 10. The number of aromatic amines is 4. The predicted octanol–water partition coefficient (Wildman–Crippen LogP) is 8.59. The third-order valence-electron chi connectivity index (χ3n) is 13.2. The SMILES string of the molecule is FC(F)(F)c1[nH]c([C@@H]2CCCN2)nc1-c1ccc(-c2ncc(-c3cnc(C4CCCC4)[nH]3)cn2)cc1.c1nc(-c2cnc([C@@H]3CCCN3)[nH]2)cnc1-c1cnc(-c2cnc([C@@H]3CCCN3)[nH]2)cn1. The van der Waals surface area contributed by atoms with Crippen molar-refractivity contribution in [3.05, 3.63) is 109 Å². The van der Waals surface area contributed by atoms with E-state index in [-0.39, 0.29) is 11.7 Å². The van der Waals surface area contributed by atoms with E-state index in [0.717, 1.165) is 96.8 Å². The van der Waals surface area contributed by atoms with Crippen LogP contribution in [0.1, 0.15) is 117 Å². The molecular formula is C48H50F3N17. The summed E-state index contributed by atoms with van der Waals surface area (Å²) in [5.41, 5.74) is 6.47. The highest BCUT2D eigenvalue weighted by Crippen LogP contribution is 2.38. The van der Waals surface area contributed by atoms with Crippen LogP contribution in [0.3, 0.4) is 0 Å². The fraction of sp³-hybridized carbons (Fsp3) is 0.375. The maximum atomic E-state index is 13.7. The summed E-state index contributed by atoms with van der Waals surface area (Å²) >= 11 is 0. The molecule has 3 aliphatic heterocycles. The van der Waals surface area contributed by atoms with Gasteiger partial charge in [-0.3, -0.25) is 19.9 Å². The molecule has 348 valence electrons. The van der Waals surface area contributed by atoms with E-state index >= 15 is 0 Å². The molecule has 20 heteroatoms. The summed E-state index contributed by atoms with van der Waals surface area (Å²) in [6.45, 7) is 2.85. The molecule has 4 aliphatic rings. The Kier molecular flexibility index (Phi) is 12.1. The second-order valence-electron chi connectivity index (χ2n) is 17.8. The van der Waals surface area contributed by atoms with Crippen LogP contribution in [0, 0.1) is 0 Å². The van der Waals surface area contributed by atoms with Crippen LogP contribution in [0.5, 0.6) is 0 Å². The van der Waals surface area contributed by atoms with Crippen LogP contribution in [-0.2, 0) is 6.18 Å². The van der Waals surface area contributed by atoms with Crippen molar-refractivity contribution >= 4 is 0 Å². The molecule has 3 atom stereocenters. The van der Waals surface area contributed by atoms with Crippen LogP contribution < -0.4 is 16.0 Å². The second kappa shape index (κ2) is 18.9. The van der Waals surface area contributed by atoms with Crippen LogP contribution in [0.2, 0.25) is 0 Å². The van der Waals surface area contributed by atoms with Crippen molar-refractivity contribution in [3.8, 4) is 68.1 Å². The molecule has 0 radical (unpaired) electrons. The number of hydrogen-bond acceptors (Lipinski definition) is 13. The van der Waals surface area contributed by atoms with Crippen LogP contribution in [-0.4, -0.2) is 89.4 Å². The first kappa shape index (κ1) is 43.5. The van der Waals surface area contributed by atoms with Crippen LogP contribution in [0.15, 0.2) is 80.0 Å². The van der Waals surface area contributed by atoms with Gasteiger partial charge < -0.3 is 35.9 Å². The molecule has 7 aromatic heterocycles. The summed E-state index contributed by atoms with van der Waals surface area (Å²) in [6.07, 6.45) is 22.3. The molecular weight excluding hydrogens is 872 g/mol. The zero-order chi connectivity index (χ0) is 46.0. The molecule has 17 nitrogen and oxygen atoms in total. The van der Waals surface area contributed by atoms with Crippen molar-refractivity contribution in [1.82, 2.24) is 85.7 Å². The first-order valence-electron chi connectivity index (χ1n) is 23.4. The largest absolute Gasteiger partial charge is 0.433 e. The van der Waals surface area contributed by atoms with E-state index in [4.69, 9.17) is 0 Å². The lowest BCUT2D eigenvalue weighted by molar-refractivity contribution is -0.140. The van der Waals surface area contributed by atoms with Crippen LogP contribution in [0.4, 0.5) is 13.2 Å². The Balaban J connectivity index is 0.000000150. The van der Waals surface area contributed by atoms with Gasteiger partial charge in [0, 0.05) is 35.0 Å². The van der Waals surface area contributed by atoms with Gasteiger partial charge in [0.15, 0.2) is 5.82 Å². The number of nitrogens with one attached hydrogen (secondary N) is 7. The fourth-order valence-electron chi connectivity index (χ4n) is 9.49. The van der Waals surface area contributed by atoms with Gasteiger partial charge in [-0.2, -0.15) is 13.2 Å². The van der Waals surface area contributed by atoms with Crippen molar-refractivity contribution in [2.75, 3.05) is 19.6 Å². The van der Waals surface area contributed by atoms with Gasteiger partial charge in [0.05, 0.1) is 78.6 Å². The van der Waals surface area contributed by atoms with Crippen LogP contribution >= 0.6 is 0 Å². The topological polar surface area (TPSA) is 228 Å². The molecule has 12 rings (SSSR count). The smallest absolute Gasteiger partial charge is 0.342 e. The van der Waals surface area contributed by atoms with Gasteiger partial charge in [-0.1, -0.05) is 37.1 Å². The number of halogens is 3. The Morgan fingerprint density at radius 1 is 0.412 bits per heavy atom. The quantitative estimate of drug-likeness (QED) is 0.0683. The van der Waals surface area contributed by atoms with Crippen molar-refractivity contribution in [2.24, 2.45) is 0 Å². The summed E-state index contributed by atoms with van der Waals surface area (Å²) in [6, 6.07) is 7.12. The standard InChI is InChI=1S/C26H26F3N7.C22H24N10/c27-26(28,29)22-21(35-25(36-22)19-6-3-11-30-19)15-7-9-17(10-8-15)23-31-12-18(13-32-23)20-14-33-24(34-20)16-4-1-2-5-16;1-3-13(23-5-1)21-29-11-19(31-21)17-9-25-15(7-27-17)16-8-28-18(10-26-16)20-12-30-22(32-20)14-4-2-6-24-14/h7-10,12-14,16,19,30H,1-6,11H2,(H,33,34)(H,35,36);7-14,23-24H,1-6H2,(H,29,31)(H,30,32)/t19-;13-,14-/m00/s1. The molecule has 10 heterocycles. The predicted molar refractivity (Wildman–Crippen MR) is 247 cm³/mol. The number of alkyl halides is 3. The van der Waals surface area contributed by atoms with Crippen molar-refractivity contribution in [1.29, 1.82) is 0 Å². The second-order valence-corrected chi connectivity index (χ2v) is 17.8. The minimum Gasteiger partial charge on any atom is -0.342 e. The van der Waals surface area contributed by atoms with Crippen molar-refractivity contribution in [3.63, 3.8) is 0 Å². The molecule has 1 aromatic carbocycles. The van der Waals surface area contributed by atoms with E-state index in [1.807, 2.05) is 18.6 Å². The molecule has 0 bridgehead atoms. The van der Waals surface area contributed by atoms with Gasteiger partial charge in [-0.05, 0) is 71.0 Å². The molecule has 1 aliphatic carbocycles. The number of imidazole rings is 4. The zero-order valence-corrected chi connectivity index (χ0v) is 37.1. The van der Waals surface area contributed by atoms with E-state index in [2.05, 4.69) is 85.7 Å². The first-order valence-corrected chi connectivity index (χ1v) is 23.4. The highest BCUT2D eigenvalue weighted by molar-refractivity contribution is 5.68.